The molecule has 1 aromatic carbocycles. The Morgan fingerprint density at radius 2 is 1.70 bits per heavy atom. The number of carbonyl (C=O) groups is 3. The zero-order valence-corrected chi connectivity index (χ0v) is 11.1. The molecular weight excluding hydrogens is 258 g/mol. The summed E-state index contributed by atoms with van der Waals surface area (Å²) in [5.41, 5.74) is 9.05. The SMILES string of the molecule is CC(C)[C@H](C(=O)C=[N+]=[N-])N1C(=O)c2ccccc2C1=O. The first-order valence-electron chi connectivity index (χ1n) is 6.17. The van der Waals surface area contributed by atoms with Crippen molar-refractivity contribution in [3.05, 3.63) is 40.9 Å². The summed E-state index contributed by atoms with van der Waals surface area (Å²) in [5.74, 6) is -1.87. The number of imide groups is 1. The van der Waals surface area contributed by atoms with Gasteiger partial charge >= 0.3 is 6.21 Å². The zero-order valence-electron chi connectivity index (χ0n) is 11.1. The number of hydrogen-bond acceptors (Lipinski definition) is 3. The van der Waals surface area contributed by atoms with Crippen molar-refractivity contribution in [3.8, 4) is 0 Å². The minimum Gasteiger partial charge on any atom is -0.361 e. The molecule has 0 radical (unpaired) electrons. The van der Waals surface area contributed by atoms with Gasteiger partial charge < -0.3 is 5.53 Å². The van der Waals surface area contributed by atoms with Gasteiger partial charge in [0.2, 0.25) is 0 Å². The van der Waals surface area contributed by atoms with Gasteiger partial charge in [-0.2, -0.15) is 4.79 Å². The van der Waals surface area contributed by atoms with Crippen LogP contribution in [-0.4, -0.2) is 39.5 Å². The Balaban J connectivity index is 2.48. The lowest BCUT2D eigenvalue weighted by molar-refractivity contribution is -0.120. The molecule has 0 N–H and O–H groups in total. The van der Waals surface area contributed by atoms with Crippen LogP contribution < -0.4 is 0 Å². The van der Waals surface area contributed by atoms with Gasteiger partial charge in [0.1, 0.15) is 6.04 Å². The Hall–Kier alpha value is -2.59. The summed E-state index contributed by atoms with van der Waals surface area (Å²) < 4.78 is 0. The Morgan fingerprint density at radius 1 is 1.20 bits per heavy atom. The Kier molecular flexibility index (Phi) is 3.59. The normalized spacial score (nSPS) is 15.1. The maximum absolute atomic E-state index is 12.3. The minimum atomic E-state index is -0.974. The van der Waals surface area contributed by atoms with Crippen LogP contribution in [0.3, 0.4) is 0 Å². The first kappa shape index (κ1) is 13.8. The summed E-state index contributed by atoms with van der Waals surface area (Å²) >= 11 is 0. The third-order valence-corrected chi connectivity index (χ3v) is 3.21. The van der Waals surface area contributed by atoms with Crippen molar-refractivity contribution in [2.45, 2.75) is 19.9 Å². The van der Waals surface area contributed by atoms with Crippen LogP contribution in [-0.2, 0) is 4.79 Å². The highest BCUT2D eigenvalue weighted by molar-refractivity contribution is 6.31. The van der Waals surface area contributed by atoms with E-state index in [2.05, 4.69) is 4.79 Å². The van der Waals surface area contributed by atoms with Crippen molar-refractivity contribution in [2.75, 3.05) is 0 Å². The molecular formula is C14H13N3O3. The fourth-order valence-corrected chi connectivity index (χ4v) is 2.35. The second kappa shape index (κ2) is 5.19. The Bertz CT molecular complexity index is 610. The van der Waals surface area contributed by atoms with Gasteiger partial charge in [-0.25, -0.2) is 0 Å². The fraction of sp³-hybridized carbons (Fsp3) is 0.286. The molecule has 1 heterocycles. The van der Waals surface area contributed by atoms with Gasteiger partial charge in [-0.3, -0.25) is 19.3 Å². The molecule has 1 atom stereocenters. The maximum Gasteiger partial charge on any atom is 0.325 e. The van der Waals surface area contributed by atoms with Crippen molar-refractivity contribution in [1.29, 1.82) is 0 Å². The topological polar surface area (TPSA) is 90.8 Å². The summed E-state index contributed by atoms with van der Waals surface area (Å²) in [6.45, 7) is 3.44. The molecule has 2 rings (SSSR count). The van der Waals surface area contributed by atoms with E-state index in [4.69, 9.17) is 5.53 Å². The summed E-state index contributed by atoms with van der Waals surface area (Å²) in [6, 6.07) is 5.46. The van der Waals surface area contributed by atoms with Crippen LogP contribution in [0.25, 0.3) is 5.53 Å². The van der Waals surface area contributed by atoms with Crippen molar-refractivity contribution >= 4 is 23.8 Å². The standard InChI is InChI=1S/C14H13N3O3/c1-8(2)12(11(18)7-16-15)17-13(19)9-5-3-4-6-10(9)14(17)20/h3-8,12H,1-2H3/t12-/m1/s1. The molecule has 1 aliphatic rings. The van der Waals surface area contributed by atoms with Gasteiger partial charge in [-0.15, -0.1) is 0 Å². The van der Waals surface area contributed by atoms with Crippen LogP contribution in [0.5, 0.6) is 0 Å². The van der Waals surface area contributed by atoms with Crippen molar-refractivity contribution in [3.63, 3.8) is 0 Å². The van der Waals surface area contributed by atoms with Crippen LogP contribution in [0.4, 0.5) is 0 Å². The number of nitrogens with zero attached hydrogens (tertiary/aromatic N) is 3. The van der Waals surface area contributed by atoms with E-state index in [1.807, 2.05) is 0 Å². The number of carbonyl (C=O) groups excluding carboxylic acids is 3. The Morgan fingerprint density at radius 3 is 2.10 bits per heavy atom. The van der Waals surface area contributed by atoms with E-state index in [1.54, 1.807) is 38.1 Å². The average molecular weight is 271 g/mol. The molecule has 0 aliphatic carbocycles. The van der Waals surface area contributed by atoms with E-state index in [9.17, 15) is 14.4 Å². The molecule has 20 heavy (non-hydrogen) atoms. The van der Waals surface area contributed by atoms with Gasteiger partial charge in [-0.05, 0) is 18.1 Å². The molecule has 102 valence electrons. The highest BCUT2D eigenvalue weighted by Crippen LogP contribution is 2.27. The van der Waals surface area contributed by atoms with Gasteiger partial charge in [-0.1, -0.05) is 26.0 Å². The smallest absolute Gasteiger partial charge is 0.325 e. The van der Waals surface area contributed by atoms with Gasteiger partial charge in [0, 0.05) is 0 Å². The molecule has 1 aliphatic heterocycles. The molecule has 0 bridgehead atoms. The van der Waals surface area contributed by atoms with E-state index < -0.39 is 23.6 Å². The van der Waals surface area contributed by atoms with Gasteiger partial charge in [0.05, 0.1) is 11.1 Å². The summed E-state index contributed by atoms with van der Waals surface area (Å²) in [5, 5.41) is 0. The molecule has 0 unspecified atom stereocenters. The lowest BCUT2D eigenvalue weighted by atomic mass is 9.98. The first-order chi connectivity index (χ1) is 9.49. The Labute approximate surface area is 115 Å². The molecule has 6 nitrogen and oxygen atoms in total. The number of amides is 2. The zero-order chi connectivity index (χ0) is 14.9. The van der Waals surface area contributed by atoms with Crippen LogP contribution in [0.1, 0.15) is 34.6 Å². The molecule has 1 aromatic rings. The molecule has 2 amide bonds. The molecule has 0 fully saturated rings. The second-order valence-electron chi connectivity index (χ2n) is 4.86. The van der Waals surface area contributed by atoms with Crippen LogP contribution in [0, 0.1) is 5.92 Å². The third-order valence-electron chi connectivity index (χ3n) is 3.21. The van der Waals surface area contributed by atoms with Gasteiger partial charge in [0.15, 0.2) is 0 Å². The minimum absolute atomic E-state index is 0.289. The lowest BCUT2D eigenvalue weighted by Gasteiger charge is -2.25. The van der Waals surface area contributed by atoms with Crippen molar-refractivity contribution in [2.24, 2.45) is 5.92 Å². The maximum atomic E-state index is 12.3. The monoisotopic (exact) mass is 271 g/mol. The molecule has 0 saturated carbocycles. The highest BCUT2D eigenvalue weighted by Gasteiger charge is 2.44. The second-order valence-corrected chi connectivity index (χ2v) is 4.86. The number of Topliss-reactive ketones (excluding diaryl/α,β-unsaturated/α-hetero) is 1. The highest BCUT2D eigenvalue weighted by atomic mass is 16.2. The predicted molar refractivity (Wildman–Crippen MR) is 70.3 cm³/mol. The largest absolute Gasteiger partial charge is 0.361 e. The number of fused-ring (bicyclic) bond motifs is 1. The quantitative estimate of drug-likeness (QED) is 0.356. The predicted octanol–water partition coefficient (Wildman–Crippen LogP) is 1.18. The van der Waals surface area contributed by atoms with Crippen LogP contribution in [0.2, 0.25) is 0 Å². The van der Waals surface area contributed by atoms with Crippen LogP contribution in [0.15, 0.2) is 24.3 Å². The fourth-order valence-electron chi connectivity index (χ4n) is 2.35. The number of benzene rings is 1. The van der Waals surface area contributed by atoms with Gasteiger partial charge in [0.25, 0.3) is 17.6 Å². The summed E-state index contributed by atoms with van der Waals surface area (Å²) in [6.07, 6.45) is 0.716. The third kappa shape index (κ3) is 2.06. The van der Waals surface area contributed by atoms with Crippen molar-refractivity contribution < 1.29 is 19.2 Å². The first-order valence-corrected chi connectivity index (χ1v) is 6.17. The van der Waals surface area contributed by atoms with Crippen molar-refractivity contribution in [1.82, 2.24) is 4.90 Å². The van der Waals surface area contributed by atoms with E-state index in [-0.39, 0.29) is 17.0 Å². The molecule has 0 spiro atoms. The number of rotatable bonds is 4. The summed E-state index contributed by atoms with van der Waals surface area (Å²) in [7, 11) is 0. The van der Waals surface area contributed by atoms with E-state index in [0.29, 0.717) is 6.21 Å². The van der Waals surface area contributed by atoms with E-state index in [0.717, 1.165) is 4.90 Å². The lowest BCUT2D eigenvalue weighted by Crippen LogP contribution is -2.48. The molecule has 6 heteroatoms. The molecule has 0 aromatic heterocycles. The molecule has 0 saturated heterocycles. The average Bonchev–Trinajstić information content (AvgIpc) is 2.65. The van der Waals surface area contributed by atoms with Crippen LogP contribution >= 0.6 is 0 Å². The number of ketones is 1. The van der Waals surface area contributed by atoms with E-state index >= 15 is 0 Å². The van der Waals surface area contributed by atoms with E-state index in [1.165, 1.54) is 0 Å². The summed E-state index contributed by atoms with van der Waals surface area (Å²) in [4.78, 5) is 40.2. The number of hydrogen-bond donors (Lipinski definition) is 0.